The molecule has 3 aromatic carbocycles. The molecule has 0 unspecified atom stereocenters. The van der Waals surface area contributed by atoms with Crippen LogP contribution in [0, 0.1) is 11.6 Å². The highest BCUT2D eigenvalue weighted by Crippen LogP contribution is 2.30. The smallest absolute Gasteiger partial charge is 0.131 e. The zero-order valence-corrected chi connectivity index (χ0v) is 13.4. The molecule has 0 spiro atoms. The Morgan fingerprint density at radius 1 is 0.739 bits per heavy atom. The predicted octanol–water partition coefficient (Wildman–Crippen LogP) is 6.51. The summed E-state index contributed by atoms with van der Waals surface area (Å²) in [5.74, 6) is -0.716. The van der Waals surface area contributed by atoms with Crippen LogP contribution in [-0.4, -0.2) is 0 Å². The molecule has 0 saturated heterocycles. The Morgan fingerprint density at radius 3 is 1.91 bits per heavy atom. The molecule has 0 fully saturated rings. The molecule has 0 amide bonds. The maximum absolute atomic E-state index is 14.4. The lowest BCUT2D eigenvalue weighted by molar-refractivity contribution is 0.625. The lowest BCUT2D eigenvalue weighted by atomic mass is 9.98. The van der Waals surface area contributed by atoms with Gasteiger partial charge in [0.15, 0.2) is 0 Å². The highest BCUT2D eigenvalue weighted by Gasteiger charge is 2.10. The van der Waals surface area contributed by atoms with Crippen LogP contribution in [0.2, 0.25) is 5.02 Å². The van der Waals surface area contributed by atoms with Crippen molar-refractivity contribution in [3.05, 3.63) is 82.9 Å². The van der Waals surface area contributed by atoms with Crippen LogP contribution < -0.4 is 0 Å². The summed E-state index contributed by atoms with van der Waals surface area (Å²) in [5.41, 5.74) is 3.06. The first-order valence-corrected chi connectivity index (χ1v) is 7.80. The number of aryl methyl sites for hydroxylation is 1. The van der Waals surface area contributed by atoms with E-state index in [1.54, 1.807) is 42.5 Å². The zero-order valence-electron chi connectivity index (χ0n) is 12.6. The SMILES string of the molecule is CCc1ccc(-c2ccc(-c3ccc(Cl)cc3)c(F)c2)c(F)c1. The lowest BCUT2D eigenvalue weighted by Crippen LogP contribution is -1.90. The van der Waals surface area contributed by atoms with Crippen LogP contribution in [-0.2, 0) is 6.42 Å². The van der Waals surface area contributed by atoms with Crippen LogP contribution in [0.15, 0.2) is 60.7 Å². The Balaban J connectivity index is 2.00. The molecule has 0 aliphatic rings. The fraction of sp³-hybridized carbons (Fsp3) is 0.100. The van der Waals surface area contributed by atoms with Gasteiger partial charge >= 0.3 is 0 Å². The van der Waals surface area contributed by atoms with E-state index in [2.05, 4.69) is 0 Å². The number of rotatable bonds is 3. The van der Waals surface area contributed by atoms with Crippen molar-refractivity contribution in [1.82, 2.24) is 0 Å². The summed E-state index contributed by atoms with van der Waals surface area (Å²) in [6, 6.07) is 16.8. The van der Waals surface area contributed by atoms with Gasteiger partial charge in [0.05, 0.1) is 0 Å². The Bertz CT molecular complexity index is 839. The molecule has 0 bridgehead atoms. The lowest BCUT2D eigenvalue weighted by Gasteiger charge is -2.09. The monoisotopic (exact) mass is 328 g/mol. The van der Waals surface area contributed by atoms with E-state index in [0.717, 1.165) is 17.5 Å². The number of hydrogen-bond donors (Lipinski definition) is 0. The van der Waals surface area contributed by atoms with Gasteiger partial charge in [-0.2, -0.15) is 0 Å². The summed E-state index contributed by atoms with van der Waals surface area (Å²) in [4.78, 5) is 0. The van der Waals surface area contributed by atoms with E-state index < -0.39 is 0 Å². The minimum Gasteiger partial charge on any atom is -0.206 e. The summed E-state index contributed by atoms with van der Waals surface area (Å²) < 4.78 is 28.6. The summed E-state index contributed by atoms with van der Waals surface area (Å²) >= 11 is 5.85. The molecule has 0 saturated carbocycles. The first kappa shape index (κ1) is 15.7. The van der Waals surface area contributed by atoms with Gasteiger partial charge in [-0.05, 0) is 47.4 Å². The van der Waals surface area contributed by atoms with E-state index in [9.17, 15) is 8.78 Å². The van der Waals surface area contributed by atoms with Crippen LogP contribution in [0.3, 0.4) is 0 Å². The van der Waals surface area contributed by atoms with E-state index in [-0.39, 0.29) is 11.6 Å². The highest BCUT2D eigenvalue weighted by atomic mass is 35.5. The van der Waals surface area contributed by atoms with Crippen LogP contribution in [0.25, 0.3) is 22.3 Å². The number of hydrogen-bond acceptors (Lipinski definition) is 0. The Labute approximate surface area is 139 Å². The molecular formula is C20H15ClF2. The van der Waals surface area contributed by atoms with Gasteiger partial charge in [-0.15, -0.1) is 0 Å². The molecule has 3 heteroatoms. The van der Waals surface area contributed by atoms with Crippen molar-refractivity contribution in [2.24, 2.45) is 0 Å². The van der Waals surface area contributed by atoms with Crippen molar-refractivity contribution >= 4 is 11.6 Å². The largest absolute Gasteiger partial charge is 0.206 e. The molecule has 0 atom stereocenters. The van der Waals surface area contributed by atoms with Gasteiger partial charge in [-0.1, -0.05) is 54.9 Å². The van der Waals surface area contributed by atoms with E-state index >= 15 is 0 Å². The van der Waals surface area contributed by atoms with E-state index in [1.165, 1.54) is 12.1 Å². The van der Waals surface area contributed by atoms with Crippen LogP contribution >= 0.6 is 11.6 Å². The third kappa shape index (κ3) is 3.27. The van der Waals surface area contributed by atoms with Gasteiger partial charge < -0.3 is 0 Å². The molecule has 0 radical (unpaired) electrons. The van der Waals surface area contributed by atoms with Gasteiger partial charge in [-0.3, -0.25) is 0 Å². The second-order valence-corrected chi connectivity index (χ2v) is 5.81. The van der Waals surface area contributed by atoms with E-state index in [0.29, 0.717) is 21.7 Å². The maximum atomic E-state index is 14.4. The molecule has 0 aliphatic carbocycles. The van der Waals surface area contributed by atoms with Crippen molar-refractivity contribution in [2.45, 2.75) is 13.3 Å². The molecule has 0 aliphatic heterocycles. The summed E-state index contributed by atoms with van der Waals surface area (Å²) in [5, 5.41) is 0.601. The summed E-state index contributed by atoms with van der Waals surface area (Å²) in [7, 11) is 0. The van der Waals surface area contributed by atoms with Crippen molar-refractivity contribution in [3.63, 3.8) is 0 Å². The summed E-state index contributed by atoms with van der Waals surface area (Å²) in [6.07, 6.45) is 0.765. The second-order valence-electron chi connectivity index (χ2n) is 5.37. The van der Waals surface area contributed by atoms with Gasteiger partial charge in [0.25, 0.3) is 0 Å². The molecular weight excluding hydrogens is 314 g/mol. The topological polar surface area (TPSA) is 0 Å². The minimum absolute atomic E-state index is 0.331. The van der Waals surface area contributed by atoms with Gasteiger partial charge in [0, 0.05) is 16.1 Å². The van der Waals surface area contributed by atoms with Crippen LogP contribution in [0.5, 0.6) is 0 Å². The third-order valence-electron chi connectivity index (χ3n) is 3.88. The molecule has 3 rings (SSSR count). The normalized spacial score (nSPS) is 10.8. The fourth-order valence-electron chi connectivity index (χ4n) is 2.56. The Kier molecular flexibility index (Phi) is 4.44. The van der Waals surface area contributed by atoms with Crippen LogP contribution in [0.4, 0.5) is 8.78 Å². The molecule has 0 nitrogen and oxygen atoms in total. The third-order valence-corrected chi connectivity index (χ3v) is 4.13. The molecule has 23 heavy (non-hydrogen) atoms. The number of benzene rings is 3. The minimum atomic E-state index is -0.385. The van der Waals surface area contributed by atoms with Crippen molar-refractivity contribution in [3.8, 4) is 22.3 Å². The number of halogens is 3. The standard InChI is InChI=1S/C20H15ClF2/c1-2-13-3-9-18(19(22)11-13)15-6-10-17(20(23)12-15)14-4-7-16(21)8-5-14/h3-12H,2H2,1H3. The molecule has 0 N–H and O–H groups in total. The summed E-state index contributed by atoms with van der Waals surface area (Å²) in [6.45, 7) is 1.97. The van der Waals surface area contributed by atoms with Crippen molar-refractivity contribution < 1.29 is 8.78 Å². The van der Waals surface area contributed by atoms with Crippen molar-refractivity contribution in [1.29, 1.82) is 0 Å². The van der Waals surface area contributed by atoms with Gasteiger partial charge in [-0.25, -0.2) is 8.78 Å². The van der Waals surface area contributed by atoms with Gasteiger partial charge in [0.1, 0.15) is 11.6 Å². The average Bonchev–Trinajstić information content (AvgIpc) is 2.55. The zero-order chi connectivity index (χ0) is 16.4. The second kappa shape index (κ2) is 6.51. The van der Waals surface area contributed by atoms with E-state index in [4.69, 9.17) is 11.6 Å². The molecule has 0 heterocycles. The molecule has 116 valence electrons. The first-order chi connectivity index (χ1) is 11.1. The van der Waals surface area contributed by atoms with Crippen molar-refractivity contribution in [2.75, 3.05) is 0 Å². The Hall–Kier alpha value is -2.19. The predicted molar refractivity (Wildman–Crippen MR) is 91.6 cm³/mol. The van der Waals surface area contributed by atoms with Gasteiger partial charge in [0.2, 0.25) is 0 Å². The maximum Gasteiger partial charge on any atom is 0.131 e. The highest BCUT2D eigenvalue weighted by molar-refractivity contribution is 6.30. The van der Waals surface area contributed by atoms with E-state index in [1.807, 2.05) is 13.0 Å². The van der Waals surface area contributed by atoms with Crippen LogP contribution in [0.1, 0.15) is 12.5 Å². The average molecular weight is 329 g/mol. The first-order valence-electron chi connectivity index (χ1n) is 7.43. The quantitative estimate of drug-likeness (QED) is 0.513. The molecule has 3 aromatic rings. The fourth-order valence-corrected chi connectivity index (χ4v) is 2.68. The Morgan fingerprint density at radius 2 is 1.30 bits per heavy atom. The molecule has 0 aromatic heterocycles.